The zero-order chi connectivity index (χ0) is 12.7. The smallest absolute Gasteiger partial charge is 0.0826 e. The van der Waals surface area contributed by atoms with Gasteiger partial charge in [-0.1, -0.05) is 6.92 Å². The van der Waals surface area contributed by atoms with Gasteiger partial charge in [0.25, 0.3) is 0 Å². The third kappa shape index (κ3) is 6.09. The SMILES string of the molecule is CCSCC(C)NCC1CN(C(C)C)CCO1. The summed E-state index contributed by atoms with van der Waals surface area (Å²) >= 11 is 1.99. The minimum Gasteiger partial charge on any atom is -0.374 e. The van der Waals surface area contributed by atoms with Gasteiger partial charge in [0, 0.05) is 37.5 Å². The first-order valence-electron chi connectivity index (χ1n) is 6.80. The number of morpholine rings is 1. The fourth-order valence-electron chi connectivity index (χ4n) is 2.02. The lowest BCUT2D eigenvalue weighted by Crippen LogP contribution is -2.50. The number of nitrogens with one attached hydrogen (secondary N) is 1. The van der Waals surface area contributed by atoms with Crippen molar-refractivity contribution in [1.82, 2.24) is 10.2 Å². The first-order chi connectivity index (χ1) is 8.13. The van der Waals surface area contributed by atoms with E-state index < -0.39 is 0 Å². The number of hydrogen-bond donors (Lipinski definition) is 1. The summed E-state index contributed by atoms with van der Waals surface area (Å²) in [4.78, 5) is 2.50. The van der Waals surface area contributed by atoms with Gasteiger partial charge in [-0.05, 0) is 26.5 Å². The second kappa shape index (κ2) is 8.35. The van der Waals surface area contributed by atoms with E-state index in [1.807, 2.05) is 11.8 Å². The average molecular weight is 260 g/mol. The highest BCUT2D eigenvalue weighted by atomic mass is 32.2. The number of rotatable bonds is 7. The molecule has 3 nitrogen and oxygen atoms in total. The van der Waals surface area contributed by atoms with Gasteiger partial charge >= 0.3 is 0 Å². The third-order valence-electron chi connectivity index (χ3n) is 3.17. The van der Waals surface area contributed by atoms with Crippen LogP contribution in [0.5, 0.6) is 0 Å². The molecule has 1 rings (SSSR count). The zero-order valence-electron chi connectivity index (χ0n) is 11.7. The van der Waals surface area contributed by atoms with Crippen LogP contribution in [-0.4, -0.2) is 60.8 Å². The highest BCUT2D eigenvalue weighted by Gasteiger charge is 2.22. The lowest BCUT2D eigenvalue weighted by atomic mass is 10.2. The van der Waals surface area contributed by atoms with Crippen molar-refractivity contribution in [1.29, 1.82) is 0 Å². The van der Waals surface area contributed by atoms with Gasteiger partial charge in [-0.15, -0.1) is 0 Å². The van der Waals surface area contributed by atoms with Crippen molar-refractivity contribution in [2.75, 3.05) is 37.7 Å². The standard InChI is InChI=1S/C13H28N2OS/c1-5-17-10-12(4)14-8-13-9-15(11(2)3)6-7-16-13/h11-14H,5-10H2,1-4H3. The molecule has 0 aromatic heterocycles. The molecule has 0 amide bonds. The molecule has 1 saturated heterocycles. The van der Waals surface area contributed by atoms with Gasteiger partial charge in [0.2, 0.25) is 0 Å². The van der Waals surface area contributed by atoms with Crippen molar-refractivity contribution >= 4 is 11.8 Å². The summed E-state index contributed by atoms with van der Waals surface area (Å²) in [5.41, 5.74) is 0. The molecular weight excluding hydrogens is 232 g/mol. The Balaban J connectivity index is 2.18. The molecule has 1 N–H and O–H groups in total. The summed E-state index contributed by atoms with van der Waals surface area (Å²) in [6.45, 7) is 13.0. The predicted molar refractivity (Wildman–Crippen MR) is 76.9 cm³/mol. The molecule has 1 fully saturated rings. The summed E-state index contributed by atoms with van der Waals surface area (Å²) in [5.74, 6) is 2.39. The van der Waals surface area contributed by atoms with E-state index in [1.165, 1.54) is 11.5 Å². The Hall–Kier alpha value is 0.230. The van der Waals surface area contributed by atoms with Crippen LogP contribution in [0, 0.1) is 0 Å². The quantitative estimate of drug-likeness (QED) is 0.755. The van der Waals surface area contributed by atoms with Gasteiger partial charge in [-0.3, -0.25) is 4.90 Å². The Morgan fingerprint density at radius 3 is 2.82 bits per heavy atom. The maximum absolute atomic E-state index is 5.80. The molecule has 0 aromatic rings. The van der Waals surface area contributed by atoms with Crippen molar-refractivity contribution in [3.63, 3.8) is 0 Å². The zero-order valence-corrected chi connectivity index (χ0v) is 12.6. The summed E-state index contributed by atoms with van der Waals surface area (Å²) in [5, 5.41) is 3.57. The fourth-order valence-corrected chi connectivity index (χ4v) is 2.73. The van der Waals surface area contributed by atoms with Crippen molar-refractivity contribution in [2.24, 2.45) is 0 Å². The van der Waals surface area contributed by atoms with Crippen LogP contribution < -0.4 is 5.32 Å². The van der Waals surface area contributed by atoms with E-state index in [0.29, 0.717) is 18.2 Å². The molecule has 0 bridgehead atoms. The second-order valence-electron chi connectivity index (χ2n) is 5.05. The lowest BCUT2D eigenvalue weighted by Gasteiger charge is -2.36. The predicted octanol–water partition coefficient (Wildman–Crippen LogP) is 1.83. The molecule has 2 atom stereocenters. The Labute approximate surface area is 111 Å². The minimum atomic E-state index is 0.361. The van der Waals surface area contributed by atoms with Crippen molar-refractivity contribution in [3.05, 3.63) is 0 Å². The lowest BCUT2D eigenvalue weighted by molar-refractivity contribution is -0.0377. The van der Waals surface area contributed by atoms with Crippen LogP contribution in [0.15, 0.2) is 0 Å². The molecule has 1 aliphatic heterocycles. The molecule has 0 saturated carbocycles. The van der Waals surface area contributed by atoms with Crippen LogP contribution in [0.1, 0.15) is 27.7 Å². The van der Waals surface area contributed by atoms with Crippen LogP contribution in [0.25, 0.3) is 0 Å². The molecule has 4 heteroatoms. The number of hydrogen-bond acceptors (Lipinski definition) is 4. The summed E-state index contributed by atoms with van der Waals surface area (Å²) in [7, 11) is 0. The van der Waals surface area contributed by atoms with E-state index in [-0.39, 0.29) is 0 Å². The maximum Gasteiger partial charge on any atom is 0.0826 e. The number of nitrogens with zero attached hydrogens (tertiary/aromatic N) is 1. The molecule has 0 spiro atoms. The molecule has 1 heterocycles. The first kappa shape index (κ1) is 15.3. The molecule has 0 radical (unpaired) electrons. The van der Waals surface area contributed by atoms with E-state index in [1.54, 1.807) is 0 Å². The first-order valence-corrected chi connectivity index (χ1v) is 7.95. The normalized spacial score (nSPS) is 24.2. The van der Waals surface area contributed by atoms with Crippen molar-refractivity contribution in [3.8, 4) is 0 Å². The topological polar surface area (TPSA) is 24.5 Å². The molecular formula is C13H28N2OS. The Bertz CT molecular complexity index is 202. The highest BCUT2D eigenvalue weighted by molar-refractivity contribution is 7.99. The van der Waals surface area contributed by atoms with Crippen LogP contribution in [0.4, 0.5) is 0 Å². The van der Waals surface area contributed by atoms with Crippen LogP contribution in [0.3, 0.4) is 0 Å². The molecule has 17 heavy (non-hydrogen) atoms. The molecule has 1 aliphatic rings. The molecule has 102 valence electrons. The minimum absolute atomic E-state index is 0.361. The van der Waals surface area contributed by atoms with Gasteiger partial charge in [0.05, 0.1) is 12.7 Å². The van der Waals surface area contributed by atoms with E-state index in [9.17, 15) is 0 Å². The average Bonchev–Trinajstić information content (AvgIpc) is 2.34. The van der Waals surface area contributed by atoms with Gasteiger partial charge in [0.15, 0.2) is 0 Å². The Kier molecular flexibility index (Phi) is 7.51. The van der Waals surface area contributed by atoms with Gasteiger partial charge in [-0.2, -0.15) is 11.8 Å². The molecule has 0 aromatic carbocycles. The Morgan fingerprint density at radius 2 is 2.18 bits per heavy atom. The van der Waals surface area contributed by atoms with E-state index in [0.717, 1.165) is 26.2 Å². The number of ether oxygens (including phenoxy) is 1. The van der Waals surface area contributed by atoms with Crippen molar-refractivity contribution in [2.45, 2.75) is 45.9 Å². The fraction of sp³-hybridized carbons (Fsp3) is 1.00. The number of thioether (sulfide) groups is 1. The highest BCUT2D eigenvalue weighted by Crippen LogP contribution is 2.08. The second-order valence-corrected chi connectivity index (χ2v) is 6.37. The summed E-state index contributed by atoms with van der Waals surface area (Å²) < 4.78 is 5.80. The van der Waals surface area contributed by atoms with Gasteiger partial charge in [0.1, 0.15) is 0 Å². The molecule has 2 unspecified atom stereocenters. The van der Waals surface area contributed by atoms with E-state index in [4.69, 9.17) is 4.74 Å². The van der Waals surface area contributed by atoms with Crippen molar-refractivity contribution < 1.29 is 4.74 Å². The van der Waals surface area contributed by atoms with Gasteiger partial charge < -0.3 is 10.1 Å². The monoisotopic (exact) mass is 260 g/mol. The summed E-state index contributed by atoms with van der Waals surface area (Å²) in [6.07, 6.45) is 0.361. The van der Waals surface area contributed by atoms with Crippen LogP contribution in [0.2, 0.25) is 0 Å². The largest absolute Gasteiger partial charge is 0.374 e. The third-order valence-corrected chi connectivity index (χ3v) is 4.31. The van der Waals surface area contributed by atoms with Crippen LogP contribution >= 0.6 is 11.8 Å². The molecule has 0 aliphatic carbocycles. The van der Waals surface area contributed by atoms with E-state index >= 15 is 0 Å². The van der Waals surface area contributed by atoms with Crippen LogP contribution in [-0.2, 0) is 4.74 Å². The van der Waals surface area contributed by atoms with E-state index in [2.05, 4.69) is 37.9 Å². The van der Waals surface area contributed by atoms with Gasteiger partial charge in [-0.25, -0.2) is 0 Å². The summed E-state index contributed by atoms with van der Waals surface area (Å²) in [6, 6.07) is 1.22. The maximum atomic E-state index is 5.80. The Morgan fingerprint density at radius 1 is 1.41 bits per heavy atom.